The van der Waals surface area contributed by atoms with Gasteiger partial charge in [0.25, 0.3) is 5.91 Å². The van der Waals surface area contributed by atoms with Crippen LogP contribution in [0.1, 0.15) is 64.7 Å². The van der Waals surface area contributed by atoms with E-state index in [0.717, 1.165) is 69.9 Å². The number of amides is 1. The Balaban J connectivity index is 1.72. The van der Waals surface area contributed by atoms with Gasteiger partial charge < -0.3 is 14.6 Å². The number of Topliss-reactive ketones (excluding diaryl/α,β-unsaturated/α-hetero) is 1. The summed E-state index contributed by atoms with van der Waals surface area (Å²) in [7, 11) is 0. The highest BCUT2D eigenvalue weighted by Crippen LogP contribution is 2.26. The molecule has 2 saturated heterocycles. The van der Waals surface area contributed by atoms with E-state index in [9.17, 15) is 9.59 Å². The zero-order chi connectivity index (χ0) is 18.7. The van der Waals surface area contributed by atoms with Gasteiger partial charge in [0.05, 0.1) is 24.5 Å². The monoisotopic (exact) mass is 361 g/mol. The number of likely N-dealkylation sites (tertiary alicyclic amines) is 1. The number of hydrogen-bond acceptors (Lipinski definition) is 4. The smallest absolute Gasteiger partial charge is 0.256 e. The highest BCUT2D eigenvalue weighted by Gasteiger charge is 2.31. The number of nitrogens with zero attached hydrogens (tertiary/aromatic N) is 2. The van der Waals surface area contributed by atoms with E-state index in [1.807, 2.05) is 13.8 Å². The Morgan fingerprint density at radius 2 is 1.88 bits per heavy atom. The first kappa shape index (κ1) is 19.1. The Morgan fingerprint density at radius 1 is 1.15 bits per heavy atom. The van der Waals surface area contributed by atoms with Crippen molar-refractivity contribution in [1.29, 1.82) is 0 Å². The van der Waals surface area contributed by atoms with Crippen molar-refractivity contribution in [3.63, 3.8) is 0 Å². The summed E-state index contributed by atoms with van der Waals surface area (Å²) < 4.78 is 5.42. The molecule has 0 unspecified atom stereocenters. The summed E-state index contributed by atoms with van der Waals surface area (Å²) in [5, 5.41) is 0. The molecule has 2 fully saturated rings. The summed E-state index contributed by atoms with van der Waals surface area (Å²) in [6.07, 6.45) is 4.31. The summed E-state index contributed by atoms with van der Waals surface area (Å²) in [6, 6.07) is 0.286. The van der Waals surface area contributed by atoms with E-state index in [1.165, 1.54) is 6.42 Å². The fraction of sp³-hybridized carbons (Fsp3) is 0.700. The third-order valence-corrected chi connectivity index (χ3v) is 5.77. The van der Waals surface area contributed by atoms with E-state index in [4.69, 9.17) is 4.74 Å². The molecule has 1 aromatic heterocycles. The predicted octanol–water partition coefficient (Wildman–Crippen LogP) is 2.55. The maximum absolute atomic E-state index is 13.3. The molecule has 6 nitrogen and oxygen atoms in total. The maximum atomic E-state index is 13.3. The van der Waals surface area contributed by atoms with Gasteiger partial charge in [-0.25, -0.2) is 0 Å². The predicted molar refractivity (Wildman–Crippen MR) is 101 cm³/mol. The minimum absolute atomic E-state index is 0.0211. The number of hydrogen-bond donors (Lipinski definition) is 1. The molecule has 2 aliphatic rings. The summed E-state index contributed by atoms with van der Waals surface area (Å²) in [5.74, 6) is 0.0580. The van der Waals surface area contributed by atoms with Gasteiger partial charge in [-0.2, -0.15) is 0 Å². The molecular weight excluding hydrogens is 330 g/mol. The van der Waals surface area contributed by atoms with Gasteiger partial charge in [-0.05, 0) is 45.1 Å². The fourth-order valence-corrected chi connectivity index (χ4v) is 4.29. The number of aryl methyl sites for hydroxylation is 1. The number of H-pyrrole nitrogens is 1. The van der Waals surface area contributed by atoms with Gasteiger partial charge in [0, 0.05) is 44.8 Å². The van der Waals surface area contributed by atoms with Crippen LogP contribution >= 0.6 is 0 Å². The van der Waals surface area contributed by atoms with Gasteiger partial charge in [0.1, 0.15) is 0 Å². The molecule has 26 heavy (non-hydrogen) atoms. The molecule has 1 amide bonds. The first-order valence-corrected chi connectivity index (χ1v) is 9.80. The molecule has 3 heterocycles. The molecule has 0 radical (unpaired) electrons. The Bertz CT molecular complexity index is 662. The fourth-order valence-electron chi connectivity index (χ4n) is 4.29. The Kier molecular flexibility index (Phi) is 6.14. The summed E-state index contributed by atoms with van der Waals surface area (Å²) in [4.78, 5) is 32.7. The first-order valence-electron chi connectivity index (χ1n) is 9.80. The van der Waals surface area contributed by atoms with Crippen molar-refractivity contribution in [3.8, 4) is 0 Å². The van der Waals surface area contributed by atoms with Gasteiger partial charge in [0.2, 0.25) is 0 Å². The van der Waals surface area contributed by atoms with Crippen molar-refractivity contribution in [2.75, 3.05) is 39.4 Å². The van der Waals surface area contributed by atoms with Crippen molar-refractivity contribution in [1.82, 2.24) is 14.8 Å². The van der Waals surface area contributed by atoms with Gasteiger partial charge in [-0.3, -0.25) is 14.5 Å². The van der Waals surface area contributed by atoms with Gasteiger partial charge in [-0.1, -0.05) is 0 Å². The molecule has 1 atom stereocenters. The highest BCUT2D eigenvalue weighted by molar-refractivity contribution is 6.02. The normalized spacial score (nSPS) is 21.8. The number of carbonyl (C=O) groups excluding carboxylic acids is 2. The van der Waals surface area contributed by atoms with Crippen LogP contribution in [0.2, 0.25) is 0 Å². The lowest BCUT2D eigenvalue weighted by atomic mass is 9.97. The van der Waals surface area contributed by atoms with Crippen molar-refractivity contribution >= 4 is 11.7 Å². The molecule has 0 saturated carbocycles. The number of rotatable bonds is 5. The average Bonchev–Trinajstić information content (AvgIpc) is 2.95. The van der Waals surface area contributed by atoms with Gasteiger partial charge in [0.15, 0.2) is 5.78 Å². The second-order valence-corrected chi connectivity index (χ2v) is 7.57. The lowest BCUT2D eigenvalue weighted by Crippen LogP contribution is -2.46. The Labute approximate surface area is 155 Å². The van der Waals surface area contributed by atoms with E-state index in [1.54, 1.807) is 6.92 Å². The van der Waals surface area contributed by atoms with Crippen LogP contribution in [0.3, 0.4) is 0 Å². The zero-order valence-corrected chi connectivity index (χ0v) is 16.3. The molecule has 0 bridgehead atoms. The minimum atomic E-state index is -0.0211. The molecular formula is C20H31N3O3. The Hall–Kier alpha value is -1.66. The number of piperidine rings is 1. The van der Waals surface area contributed by atoms with Crippen LogP contribution in [0, 0.1) is 13.8 Å². The Morgan fingerprint density at radius 3 is 2.54 bits per heavy atom. The molecule has 144 valence electrons. The van der Waals surface area contributed by atoms with E-state index in [2.05, 4.69) is 14.8 Å². The molecule has 0 aliphatic carbocycles. The minimum Gasteiger partial charge on any atom is -0.379 e. The molecule has 3 rings (SSSR count). The second-order valence-electron chi connectivity index (χ2n) is 7.57. The lowest BCUT2D eigenvalue weighted by Gasteiger charge is -2.37. The number of ketones is 1. The maximum Gasteiger partial charge on any atom is 0.256 e. The second kappa shape index (κ2) is 8.35. The molecule has 6 heteroatoms. The SMILES string of the molecule is CC(=O)c1[nH]c(C)c(C(=O)N2CCCC[C@H]2CCN2CCOCC2)c1C. The third-order valence-electron chi connectivity index (χ3n) is 5.77. The molecule has 2 aliphatic heterocycles. The lowest BCUT2D eigenvalue weighted by molar-refractivity contribution is 0.0295. The molecule has 1 aromatic rings. The van der Waals surface area contributed by atoms with Crippen molar-refractivity contribution in [2.45, 2.75) is 52.5 Å². The molecule has 0 aromatic carbocycles. The number of morpholine rings is 1. The summed E-state index contributed by atoms with van der Waals surface area (Å²) in [5.41, 5.74) is 2.84. The summed E-state index contributed by atoms with van der Waals surface area (Å²) >= 11 is 0. The van der Waals surface area contributed by atoms with E-state index >= 15 is 0 Å². The summed E-state index contributed by atoms with van der Waals surface area (Å²) in [6.45, 7) is 10.7. The van der Waals surface area contributed by atoms with Crippen LogP contribution in [0.15, 0.2) is 0 Å². The van der Waals surface area contributed by atoms with Crippen LogP contribution in [0.4, 0.5) is 0 Å². The van der Waals surface area contributed by atoms with Crippen LogP contribution < -0.4 is 0 Å². The van der Waals surface area contributed by atoms with E-state index in [0.29, 0.717) is 11.3 Å². The number of aromatic nitrogens is 1. The van der Waals surface area contributed by atoms with E-state index < -0.39 is 0 Å². The van der Waals surface area contributed by atoms with E-state index in [-0.39, 0.29) is 17.7 Å². The third kappa shape index (κ3) is 4.01. The number of ether oxygens (including phenoxy) is 1. The topological polar surface area (TPSA) is 65.6 Å². The number of aromatic amines is 1. The largest absolute Gasteiger partial charge is 0.379 e. The molecule has 0 spiro atoms. The first-order chi connectivity index (χ1) is 12.5. The highest BCUT2D eigenvalue weighted by atomic mass is 16.5. The number of nitrogens with one attached hydrogen (secondary N) is 1. The van der Waals surface area contributed by atoms with Crippen molar-refractivity contribution < 1.29 is 14.3 Å². The van der Waals surface area contributed by atoms with Crippen molar-refractivity contribution in [3.05, 3.63) is 22.5 Å². The standard InChI is InChI=1S/C20H31N3O3/c1-14-18(15(2)21-19(14)16(3)24)20(25)23-8-5-4-6-17(23)7-9-22-10-12-26-13-11-22/h17,21H,4-13H2,1-3H3/t17-/m0/s1. The average molecular weight is 361 g/mol. The van der Waals surface area contributed by atoms with Crippen LogP contribution in [-0.4, -0.2) is 71.9 Å². The zero-order valence-electron chi connectivity index (χ0n) is 16.3. The number of carbonyl (C=O) groups is 2. The van der Waals surface area contributed by atoms with Crippen LogP contribution in [0.25, 0.3) is 0 Å². The van der Waals surface area contributed by atoms with Gasteiger partial charge >= 0.3 is 0 Å². The van der Waals surface area contributed by atoms with Crippen molar-refractivity contribution in [2.24, 2.45) is 0 Å². The molecule has 1 N–H and O–H groups in total. The van der Waals surface area contributed by atoms with Crippen LogP contribution in [0.5, 0.6) is 0 Å². The quantitative estimate of drug-likeness (QED) is 0.819. The van der Waals surface area contributed by atoms with Crippen LogP contribution in [-0.2, 0) is 4.74 Å². The van der Waals surface area contributed by atoms with Gasteiger partial charge in [-0.15, -0.1) is 0 Å².